The molecule has 1 saturated heterocycles. The highest BCUT2D eigenvalue weighted by molar-refractivity contribution is 5.29. The van der Waals surface area contributed by atoms with Crippen molar-refractivity contribution >= 4 is 5.82 Å². The first-order valence-electron chi connectivity index (χ1n) is 6.53. The van der Waals surface area contributed by atoms with Crippen molar-refractivity contribution in [1.29, 1.82) is 0 Å². The molecule has 1 aliphatic heterocycles. The monoisotopic (exact) mass is 234 g/mol. The summed E-state index contributed by atoms with van der Waals surface area (Å²) in [5, 5.41) is 3.31. The fourth-order valence-corrected chi connectivity index (χ4v) is 2.35. The van der Waals surface area contributed by atoms with Crippen molar-refractivity contribution < 1.29 is 0 Å². The molecule has 94 valence electrons. The van der Waals surface area contributed by atoms with Gasteiger partial charge in [-0.15, -0.1) is 0 Å². The van der Waals surface area contributed by atoms with Crippen molar-refractivity contribution in [3.05, 3.63) is 18.6 Å². The first-order valence-corrected chi connectivity index (χ1v) is 6.53. The molecule has 0 saturated carbocycles. The highest BCUT2D eigenvalue weighted by Gasteiger charge is 2.15. The van der Waals surface area contributed by atoms with Gasteiger partial charge in [-0.05, 0) is 51.7 Å². The molecule has 1 aromatic heterocycles. The van der Waals surface area contributed by atoms with Crippen LogP contribution in [0, 0.1) is 5.92 Å². The highest BCUT2D eigenvalue weighted by atomic mass is 15.1. The van der Waals surface area contributed by atoms with E-state index in [-0.39, 0.29) is 0 Å². The van der Waals surface area contributed by atoms with Crippen molar-refractivity contribution in [3.63, 3.8) is 0 Å². The summed E-state index contributed by atoms with van der Waals surface area (Å²) in [5.41, 5.74) is 0. The molecule has 0 bridgehead atoms. The van der Waals surface area contributed by atoms with Gasteiger partial charge in [0.25, 0.3) is 0 Å². The standard InChI is InChI=1S/C13H22N4/c1-17-9-4-12(5-10-17)3-2-6-15-13-11-14-7-8-16-13/h7-8,11-12H,2-6,9-10H2,1H3,(H,15,16). The lowest BCUT2D eigenvalue weighted by atomic mass is 9.92. The van der Waals surface area contributed by atoms with Gasteiger partial charge in [-0.1, -0.05) is 0 Å². The molecular formula is C13H22N4. The predicted octanol–water partition coefficient (Wildman–Crippen LogP) is 2.01. The molecule has 0 radical (unpaired) electrons. The van der Waals surface area contributed by atoms with Crippen LogP contribution in [0.25, 0.3) is 0 Å². The maximum Gasteiger partial charge on any atom is 0.144 e. The summed E-state index contributed by atoms with van der Waals surface area (Å²) in [6.07, 6.45) is 10.5. The fraction of sp³-hybridized carbons (Fsp3) is 0.692. The molecule has 4 heteroatoms. The molecule has 17 heavy (non-hydrogen) atoms. The first kappa shape index (κ1) is 12.3. The van der Waals surface area contributed by atoms with Crippen LogP contribution in [0.15, 0.2) is 18.6 Å². The van der Waals surface area contributed by atoms with E-state index in [1.807, 2.05) is 0 Å². The largest absolute Gasteiger partial charge is 0.369 e. The van der Waals surface area contributed by atoms with E-state index in [4.69, 9.17) is 0 Å². The predicted molar refractivity (Wildman–Crippen MR) is 70.0 cm³/mol. The lowest BCUT2D eigenvalue weighted by Crippen LogP contribution is -2.30. The van der Waals surface area contributed by atoms with E-state index in [0.717, 1.165) is 18.3 Å². The van der Waals surface area contributed by atoms with Crippen LogP contribution in [0.5, 0.6) is 0 Å². The molecule has 0 spiro atoms. The second-order valence-corrected chi connectivity index (χ2v) is 4.91. The van der Waals surface area contributed by atoms with E-state index < -0.39 is 0 Å². The van der Waals surface area contributed by atoms with Crippen LogP contribution in [-0.4, -0.2) is 41.5 Å². The Morgan fingerprint density at radius 3 is 2.88 bits per heavy atom. The summed E-state index contributed by atoms with van der Waals surface area (Å²) >= 11 is 0. The van der Waals surface area contributed by atoms with E-state index in [0.29, 0.717) is 0 Å². The van der Waals surface area contributed by atoms with Gasteiger partial charge in [0, 0.05) is 18.9 Å². The zero-order valence-electron chi connectivity index (χ0n) is 10.6. The van der Waals surface area contributed by atoms with Gasteiger partial charge in [0.1, 0.15) is 5.82 Å². The van der Waals surface area contributed by atoms with Gasteiger partial charge < -0.3 is 10.2 Å². The third-order valence-electron chi connectivity index (χ3n) is 3.50. The second-order valence-electron chi connectivity index (χ2n) is 4.91. The van der Waals surface area contributed by atoms with Crippen molar-refractivity contribution in [3.8, 4) is 0 Å². The molecule has 4 nitrogen and oxygen atoms in total. The lowest BCUT2D eigenvalue weighted by Gasteiger charge is -2.28. The molecule has 2 heterocycles. The lowest BCUT2D eigenvalue weighted by molar-refractivity contribution is 0.211. The minimum absolute atomic E-state index is 0.885. The second kappa shape index (κ2) is 6.55. The van der Waals surface area contributed by atoms with Gasteiger partial charge in [-0.25, -0.2) is 4.98 Å². The Hall–Kier alpha value is -1.16. The molecule has 1 N–H and O–H groups in total. The summed E-state index contributed by atoms with van der Waals surface area (Å²) in [6, 6.07) is 0. The molecule has 1 fully saturated rings. The van der Waals surface area contributed by atoms with Gasteiger partial charge in [0.15, 0.2) is 0 Å². The number of rotatable bonds is 5. The summed E-state index contributed by atoms with van der Waals surface area (Å²) in [5.74, 6) is 1.81. The number of piperidine rings is 1. The maximum absolute atomic E-state index is 4.19. The summed E-state index contributed by atoms with van der Waals surface area (Å²) in [6.45, 7) is 3.54. The molecule has 2 rings (SSSR count). The van der Waals surface area contributed by atoms with Gasteiger partial charge in [0.2, 0.25) is 0 Å². The maximum atomic E-state index is 4.19. The smallest absolute Gasteiger partial charge is 0.144 e. The number of likely N-dealkylation sites (tertiary alicyclic amines) is 1. The molecule has 0 atom stereocenters. The normalized spacial score (nSPS) is 18.2. The molecule has 1 aromatic rings. The minimum atomic E-state index is 0.885. The molecule has 0 aromatic carbocycles. The van der Waals surface area contributed by atoms with E-state index in [1.165, 1.54) is 38.8 Å². The van der Waals surface area contributed by atoms with Crippen molar-refractivity contribution in [1.82, 2.24) is 14.9 Å². The van der Waals surface area contributed by atoms with Crippen molar-refractivity contribution in [2.75, 3.05) is 32.0 Å². The van der Waals surface area contributed by atoms with Crippen LogP contribution in [-0.2, 0) is 0 Å². The molecule has 0 unspecified atom stereocenters. The van der Waals surface area contributed by atoms with Crippen LogP contribution in [0.2, 0.25) is 0 Å². The Morgan fingerprint density at radius 2 is 2.18 bits per heavy atom. The molecule has 1 aliphatic rings. The van der Waals surface area contributed by atoms with Crippen molar-refractivity contribution in [2.24, 2.45) is 5.92 Å². The fourth-order valence-electron chi connectivity index (χ4n) is 2.35. The third-order valence-corrected chi connectivity index (χ3v) is 3.50. The van der Waals surface area contributed by atoms with Gasteiger partial charge in [0.05, 0.1) is 6.20 Å². The van der Waals surface area contributed by atoms with Crippen LogP contribution >= 0.6 is 0 Å². The number of nitrogens with one attached hydrogen (secondary N) is 1. The van der Waals surface area contributed by atoms with Crippen LogP contribution in [0.4, 0.5) is 5.82 Å². The van der Waals surface area contributed by atoms with E-state index in [1.54, 1.807) is 18.6 Å². The Balaban J connectivity index is 1.57. The Bertz CT molecular complexity index is 306. The summed E-state index contributed by atoms with van der Waals surface area (Å²) < 4.78 is 0. The van der Waals surface area contributed by atoms with Crippen molar-refractivity contribution in [2.45, 2.75) is 25.7 Å². The quantitative estimate of drug-likeness (QED) is 0.791. The van der Waals surface area contributed by atoms with Gasteiger partial charge in [-0.2, -0.15) is 0 Å². The zero-order chi connectivity index (χ0) is 11.9. The number of anilines is 1. The topological polar surface area (TPSA) is 41.0 Å². The Kier molecular flexibility index (Phi) is 4.74. The van der Waals surface area contributed by atoms with Gasteiger partial charge in [-0.3, -0.25) is 4.98 Å². The van der Waals surface area contributed by atoms with E-state index >= 15 is 0 Å². The van der Waals surface area contributed by atoms with Crippen LogP contribution in [0.3, 0.4) is 0 Å². The Morgan fingerprint density at radius 1 is 1.35 bits per heavy atom. The number of nitrogens with zero attached hydrogens (tertiary/aromatic N) is 3. The number of hydrogen-bond donors (Lipinski definition) is 1. The molecule has 0 aliphatic carbocycles. The zero-order valence-corrected chi connectivity index (χ0v) is 10.6. The average molecular weight is 234 g/mol. The van der Waals surface area contributed by atoms with E-state index in [2.05, 4.69) is 27.2 Å². The average Bonchev–Trinajstić information content (AvgIpc) is 2.38. The molecule has 0 amide bonds. The Labute approximate surface area is 103 Å². The summed E-state index contributed by atoms with van der Waals surface area (Å²) in [4.78, 5) is 10.6. The highest BCUT2D eigenvalue weighted by Crippen LogP contribution is 2.20. The van der Waals surface area contributed by atoms with Crippen LogP contribution < -0.4 is 5.32 Å². The molecular weight excluding hydrogens is 212 g/mol. The van der Waals surface area contributed by atoms with Crippen LogP contribution in [0.1, 0.15) is 25.7 Å². The first-order chi connectivity index (χ1) is 8.34. The van der Waals surface area contributed by atoms with Gasteiger partial charge >= 0.3 is 0 Å². The number of hydrogen-bond acceptors (Lipinski definition) is 4. The SMILES string of the molecule is CN1CCC(CCCNc2cnccn2)CC1. The third kappa shape index (κ3) is 4.30. The van der Waals surface area contributed by atoms with E-state index in [9.17, 15) is 0 Å². The summed E-state index contributed by atoms with van der Waals surface area (Å²) in [7, 11) is 2.21. The number of aromatic nitrogens is 2. The minimum Gasteiger partial charge on any atom is -0.369 e.